The van der Waals surface area contributed by atoms with Crippen LogP contribution in [0.3, 0.4) is 0 Å². The summed E-state index contributed by atoms with van der Waals surface area (Å²) in [6, 6.07) is 8.10. The molecule has 4 N–H and O–H groups in total. The highest BCUT2D eigenvalue weighted by Crippen LogP contribution is 2.37. The molecule has 0 bridgehead atoms. The Morgan fingerprint density at radius 2 is 2.00 bits per heavy atom. The van der Waals surface area contributed by atoms with E-state index in [1.807, 2.05) is 18.2 Å². The summed E-state index contributed by atoms with van der Waals surface area (Å²) in [4.78, 5) is 22.4. The zero-order valence-corrected chi connectivity index (χ0v) is 15.5. The summed E-state index contributed by atoms with van der Waals surface area (Å²) >= 11 is 6.35. The molecule has 0 unspecified atom stereocenters. The number of nitrogens with two attached hydrogens (primary N) is 1. The second kappa shape index (κ2) is 6.21. The fourth-order valence-electron chi connectivity index (χ4n) is 4.04. The van der Waals surface area contributed by atoms with Crippen LogP contribution in [0.15, 0.2) is 36.8 Å². The highest BCUT2D eigenvalue weighted by atomic mass is 35.5. The van der Waals surface area contributed by atoms with E-state index < -0.39 is 0 Å². The maximum Gasteiger partial charge on any atom is 0.144 e. The number of halogens is 1. The molecule has 1 fully saturated rings. The van der Waals surface area contributed by atoms with E-state index in [0.717, 1.165) is 59.6 Å². The zero-order chi connectivity index (χ0) is 18.4. The van der Waals surface area contributed by atoms with Crippen molar-refractivity contribution >= 4 is 39.5 Å². The largest absolute Gasteiger partial charge is 0.356 e. The van der Waals surface area contributed by atoms with Gasteiger partial charge in [-0.2, -0.15) is 0 Å². The Bertz CT molecular complexity index is 1070. The molecule has 27 heavy (non-hydrogen) atoms. The van der Waals surface area contributed by atoms with Crippen LogP contribution >= 0.6 is 11.6 Å². The minimum Gasteiger partial charge on any atom is -0.356 e. The fraction of sp³-hybridized carbons (Fsp3) is 0.316. The van der Waals surface area contributed by atoms with Crippen molar-refractivity contribution in [2.45, 2.75) is 18.3 Å². The SMILES string of the molecule is NCC1(c2nc3ccccc3[nH]2)CCN(c2ncnc3[nH]cc(Cl)c23)CC1. The quantitative estimate of drug-likeness (QED) is 0.506. The highest BCUT2D eigenvalue weighted by Gasteiger charge is 2.38. The van der Waals surface area contributed by atoms with Crippen LogP contribution in [0, 0.1) is 0 Å². The van der Waals surface area contributed by atoms with E-state index in [1.54, 1.807) is 12.5 Å². The Labute approximate surface area is 161 Å². The van der Waals surface area contributed by atoms with E-state index in [2.05, 4.69) is 30.9 Å². The second-order valence-electron chi connectivity index (χ2n) is 7.13. The van der Waals surface area contributed by atoms with Gasteiger partial charge in [-0.25, -0.2) is 15.0 Å². The van der Waals surface area contributed by atoms with Gasteiger partial charge in [0.15, 0.2) is 0 Å². The smallest absolute Gasteiger partial charge is 0.144 e. The minimum atomic E-state index is -0.149. The molecule has 1 aliphatic heterocycles. The van der Waals surface area contributed by atoms with Crippen LogP contribution < -0.4 is 10.6 Å². The number of aromatic amines is 2. The molecule has 0 atom stereocenters. The number of para-hydroxylation sites is 2. The first-order valence-electron chi connectivity index (χ1n) is 9.08. The number of rotatable bonds is 3. The minimum absolute atomic E-state index is 0.149. The molecule has 0 amide bonds. The van der Waals surface area contributed by atoms with Gasteiger partial charge in [-0.1, -0.05) is 23.7 Å². The lowest BCUT2D eigenvalue weighted by Crippen LogP contribution is -2.47. The highest BCUT2D eigenvalue weighted by molar-refractivity contribution is 6.36. The van der Waals surface area contributed by atoms with Crippen molar-refractivity contribution in [3.05, 3.63) is 47.6 Å². The lowest BCUT2D eigenvalue weighted by molar-refractivity contribution is 0.324. The maximum atomic E-state index is 6.35. The number of benzene rings is 1. The van der Waals surface area contributed by atoms with Gasteiger partial charge in [-0.3, -0.25) is 0 Å². The molecule has 7 nitrogen and oxygen atoms in total. The van der Waals surface area contributed by atoms with Crippen LogP contribution in [0.2, 0.25) is 5.02 Å². The van der Waals surface area contributed by atoms with E-state index in [0.29, 0.717) is 11.6 Å². The van der Waals surface area contributed by atoms with Crippen molar-refractivity contribution in [1.29, 1.82) is 0 Å². The number of anilines is 1. The summed E-state index contributed by atoms with van der Waals surface area (Å²) in [5.41, 5.74) is 8.90. The first-order valence-corrected chi connectivity index (χ1v) is 9.46. The van der Waals surface area contributed by atoms with Gasteiger partial charge in [-0.05, 0) is 25.0 Å². The van der Waals surface area contributed by atoms with Crippen molar-refractivity contribution in [1.82, 2.24) is 24.9 Å². The van der Waals surface area contributed by atoms with Gasteiger partial charge in [0.2, 0.25) is 0 Å². The van der Waals surface area contributed by atoms with Crippen LogP contribution in [0.1, 0.15) is 18.7 Å². The number of fused-ring (bicyclic) bond motifs is 2. The molecule has 5 rings (SSSR count). The number of nitrogens with zero attached hydrogens (tertiary/aromatic N) is 4. The molecule has 0 radical (unpaired) electrons. The predicted molar refractivity (Wildman–Crippen MR) is 107 cm³/mol. The Kier molecular flexibility index (Phi) is 3.80. The molecule has 0 spiro atoms. The van der Waals surface area contributed by atoms with E-state index in [9.17, 15) is 0 Å². The van der Waals surface area contributed by atoms with Crippen molar-refractivity contribution in [2.24, 2.45) is 5.73 Å². The number of imidazole rings is 1. The molecule has 1 saturated heterocycles. The molecule has 3 aromatic heterocycles. The van der Waals surface area contributed by atoms with Gasteiger partial charge in [0.1, 0.15) is 23.6 Å². The van der Waals surface area contributed by atoms with Crippen molar-refractivity contribution < 1.29 is 0 Å². The molecule has 4 aromatic rings. The third-order valence-electron chi connectivity index (χ3n) is 5.70. The van der Waals surface area contributed by atoms with Crippen LogP contribution in [-0.4, -0.2) is 44.6 Å². The number of aromatic nitrogens is 5. The summed E-state index contributed by atoms with van der Waals surface area (Å²) in [5.74, 6) is 1.86. The van der Waals surface area contributed by atoms with Crippen molar-refractivity contribution in [3.63, 3.8) is 0 Å². The molecule has 4 heterocycles. The summed E-state index contributed by atoms with van der Waals surface area (Å²) in [6.07, 6.45) is 5.13. The third-order valence-corrected chi connectivity index (χ3v) is 6.00. The van der Waals surface area contributed by atoms with E-state index in [1.165, 1.54) is 0 Å². The van der Waals surface area contributed by atoms with E-state index in [-0.39, 0.29) is 5.41 Å². The average Bonchev–Trinajstić information content (AvgIpc) is 3.32. The van der Waals surface area contributed by atoms with Crippen LogP contribution in [0.5, 0.6) is 0 Å². The summed E-state index contributed by atoms with van der Waals surface area (Å²) in [6.45, 7) is 2.23. The normalized spacial score (nSPS) is 17.0. The topological polar surface area (TPSA) is 99.5 Å². The average molecular weight is 382 g/mol. The Hall–Kier alpha value is -2.64. The van der Waals surface area contributed by atoms with Gasteiger partial charge in [0, 0.05) is 31.2 Å². The van der Waals surface area contributed by atoms with Gasteiger partial charge in [-0.15, -0.1) is 0 Å². The third kappa shape index (κ3) is 2.57. The number of H-pyrrole nitrogens is 2. The molecule has 1 aromatic carbocycles. The standard InChI is InChI=1S/C19H20ClN7/c20-12-9-22-16-15(12)17(24-11-23-16)27-7-5-19(10-21,6-8-27)18-25-13-3-1-2-4-14(13)26-18/h1-4,9,11H,5-8,10,21H2,(H,25,26)(H,22,23,24). The van der Waals surface area contributed by atoms with E-state index >= 15 is 0 Å². The summed E-state index contributed by atoms with van der Waals surface area (Å²) < 4.78 is 0. The van der Waals surface area contributed by atoms with Crippen LogP contribution in [0.25, 0.3) is 22.1 Å². The van der Waals surface area contributed by atoms with Crippen molar-refractivity contribution in [3.8, 4) is 0 Å². The first-order chi connectivity index (χ1) is 13.2. The van der Waals surface area contributed by atoms with E-state index in [4.69, 9.17) is 22.3 Å². The molecule has 8 heteroatoms. The maximum absolute atomic E-state index is 6.35. The number of hydrogen-bond donors (Lipinski definition) is 3. The predicted octanol–water partition coefficient (Wildman–Crippen LogP) is 2.98. The molecule has 1 aliphatic rings. The molecule has 0 aliphatic carbocycles. The molecule has 138 valence electrons. The Morgan fingerprint density at radius 3 is 2.78 bits per heavy atom. The Balaban J connectivity index is 1.46. The summed E-state index contributed by atoms with van der Waals surface area (Å²) in [5, 5.41) is 1.52. The lowest BCUT2D eigenvalue weighted by atomic mass is 9.77. The van der Waals surface area contributed by atoms with Gasteiger partial charge in [0.05, 0.1) is 21.4 Å². The first kappa shape index (κ1) is 16.5. The van der Waals surface area contributed by atoms with Gasteiger partial charge < -0.3 is 20.6 Å². The van der Waals surface area contributed by atoms with Gasteiger partial charge in [0.25, 0.3) is 0 Å². The molecule has 0 saturated carbocycles. The van der Waals surface area contributed by atoms with Crippen molar-refractivity contribution in [2.75, 3.05) is 24.5 Å². The fourth-order valence-corrected chi connectivity index (χ4v) is 4.27. The molecular weight excluding hydrogens is 362 g/mol. The lowest BCUT2D eigenvalue weighted by Gasteiger charge is -2.40. The number of piperidine rings is 1. The monoisotopic (exact) mass is 381 g/mol. The van der Waals surface area contributed by atoms with Crippen LogP contribution in [-0.2, 0) is 5.41 Å². The summed E-state index contributed by atoms with van der Waals surface area (Å²) in [7, 11) is 0. The second-order valence-corrected chi connectivity index (χ2v) is 7.54. The number of nitrogens with one attached hydrogen (secondary N) is 2. The molecular formula is C19H20ClN7. The number of hydrogen-bond acceptors (Lipinski definition) is 5. The zero-order valence-electron chi connectivity index (χ0n) is 14.7. The Morgan fingerprint density at radius 1 is 1.19 bits per heavy atom. The van der Waals surface area contributed by atoms with Gasteiger partial charge >= 0.3 is 0 Å². The van der Waals surface area contributed by atoms with Crippen LogP contribution in [0.4, 0.5) is 5.82 Å².